The van der Waals surface area contributed by atoms with Crippen LogP contribution in [0.5, 0.6) is 5.75 Å². The van der Waals surface area contributed by atoms with E-state index in [4.69, 9.17) is 4.74 Å². The highest BCUT2D eigenvalue weighted by Gasteiger charge is 2.11. The quantitative estimate of drug-likeness (QED) is 0.666. The maximum absolute atomic E-state index is 12.8. The highest BCUT2D eigenvalue weighted by Crippen LogP contribution is 2.24. The van der Waals surface area contributed by atoms with Gasteiger partial charge in [-0.2, -0.15) is 0 Å². The van der Waals surface area contributed by atoms with Gasteiger partial charge in [0.15, 0.2) is 0 Å². The van der Waals surface area contributed by atoms with Crippen molar-refractivity contribution in [3.8, 4) is 5.75 Å². The Morgan fingerprint density at radius 2 is 1.75 bits per heavy atom. The minimum atomic E-state index is -0.527. The SMILES string of the molecule is O=C(Oc1ccnc2ccccc12)c1ccc(F)cc1. The number of pyridine rings is 1. The summed E-state index contributed by atoms with van der Waals surface area (Å²) in [5.74, 6) is -0.484. The fourth-order valence-corrected chi connectivity index (χ4v) is 1.90. The molecule has 0 amide bonds. The average Bonchev–Trinajstić information content (AvgIpc) is 2.48. The van der Waals surface area contributed by atoms with E-state index in [9.17, 15) is 9.18 Å². The lowest BCUT2D eigenvalue weighted by atomic mass is 10.2. The minimum Gasteiger partial charge on any atom is -0.422 e. The lowest BCUT2D eigenvalue weighted by molar-refractivity contribution is 0.0737. The number of fused-ring (bicyclic) bond motifs is 1. The second-order valence-electron chi connectivity index (χ2n) is 4.22. The van der Waals surface area contributed by atoms with Crippen LogP contribution in [0.4, 0.5) is 4.39 Å². The topological polar surface area (TPSA) is 39.2 Å². The van der Waals surface area contributed by atoms with Crippen molar-refractivity contribution in [3.63, 3.8) is 0 Å². The molecule has 1 aromatic heterocycles. The van der Waals surface area contributed by atoms with Crippen molar-refractivity contribution in [2.75, 3.05) is 0 Å². The van der Waals surface area contributed by atoms with Gasteiger partial charge in [0.1, 0.15) is 11.6 Å². The highest BCUT2D eigenvalue weighted by molar-refractivity contribution is 5.94. The first-order valence-electron chi connectivity index (χ1n) is 6.05. The summed E-state index contributed by atoms with van der Waals surface area (Å²) >= 11 is 0. The van der Waals surface area contributed by atoms with Crippen molar-refractivity contribution in [2.24, 2.45) is 0 Å². The third-order valence-corrected chi connectivity index (χ3v) is 2.89. The number of halogens is 1. The van der Waals surface area contributed by atoms with Crippen LogP contribution in [0.2, 0.25) is 0 Å². The summed E-state index contributed by atoms with van der Waals surface area (Å²) in [7, 11) is 0. The Kier molecular flexibility index (Phi) is 3.13. The van der Waals surface area contributed by atoms with Gasteiger partial charge in [-0.15, -0.1) is 0 Å². The molecule has 0 unspecified atom stereocenters. The predicted octanol–water partition coefficient (Wildman–Crippen LogP) is 3.59. The zero-order chi connectivity index (χ0) is 13.9. The van der Waals surface area contributed by atoms with Gasteiger partial charge in [-0.25, -0.2) is 9.18 Å². The van der Waals surface area contributed by atoms with E-state index in [2.05, 4.69) is 4.98 Å². The molecule has 3 aromatic rings. The van der Waals surface area contributed by atoms with E-state index in [1.807, 2.05) is 24.3 Å². The van der Waals surface area contributed by atoms with Crippen molar-refractivity contribution in [1.82, 2.24) is 4.98 Å². The molecule has 0 atom stereocenters. The number of rotatable bonds is 2. The second-order valence-corrected chi connectivity index (χ2v) is 4.22. The molecule has 0 saturated carbocycles. The molecule has 4 heteroatoms. The summed E-state index contributed by atoms with van der Waals surface area (Å²) in [6.45, 7) is 0. The van der Waals surface area contributed by atoms with Crippen molar-refractivity contribution < 1.29 is 13.9 Å². The summed E-state index contributed by atoms with van der Waals surface area (Å²) in [5.41, 5.74) is 1.05. The van der Waals surface area contributed by atoms with Gasteiger partial charge in [-0.1, -0.05) is 12.1 Å². The Morgan fingerprint density at radius 3 is 2.55 bits per heavy atom. The molecule has 98 valence electrons. The largest absolute Gasteiger partial charge is 0.422 e. The molecule has 0 spiro atoms. The lowest BCUT2D eigenvalue weighted by Gasteiger charge is -2.07. The molecule has 0 aliphatic rings. The van der Waals surface area contributed by atoms with Crippen molar-refractivity contribution in [2.45, 2.75) is 0 Å². The number of hydrogen-bond acceptors (Lipinski definition) is 3. The fraction of sp³-hybridized carbons (Fsp3) is 0. The van der Waals surface area contributed by atoms with Crippen LogP contribution in [0, 0.1) is 5.82 Å². The maximum Gasteiger partial charge on any atom is 0.343 e. The number of carbonyl (C=O) groups is 1. The molecule has 0 N–H and O–H groups in total. The summed E-state index contributed by atoms with van der Waals surface area (Å²) in [4.78, 5) is 16.2. The maximum atomic E-state index is 12.8. The van der Waals surface area contributed by atoms with E-state index >= 15 is 0 Å². The van der Waals surface area contributed by atoms with Gasteiger partial charge < -0.3 is 4.74 Å². The molecular weight excluding hydrogens is 257 g/mol. The van der Waals surface area contributed by atoms with Gasteiger partial charge in [-0.05, 0) is 42.5 Å². The van der Waals surface area contributed by atoms with Crippen molar-refractivity contribution in [1.29, 1.82) is 0 Å². The third kappa shape index (κ3) is 2.36. The molecular formula is C16H10FNO2. The van der Waals surface area contributed by atoms with Crippen LogP contribution in [-0.4, -0.2) is 11.0 Å². The van der Waals surface area contributed by atoms with Crippen LogP contribution in [0.15, 0.2) is 60.8 Å². The molecule has 3 nitrogen and oxygen atoms in total. The number of aromatic nitrogens is 1. The Bertz CT molecular complexity index is 764. The van der Waals surface area contributed by atoms with Gasteiger partial charge in [0.05, 0.1) is 11.1 Å². The van der Waals surface area contributed by atoms with Crippen LogP contribution >= 0.6 is 0 Å². The Hall–Kier alpha value is -2.75. The molecule has 0 fully saturated rings. The van der Waals surface area contributed by atoms with E-state index in [0.29, 0.717) is 11.3 Å². The summed E-state index contributed by atoms with van der Waals surface area (Å²) in [6.07, 6.45) is 1.58. The standard InChI is InChI=1S/C16H10FNO2/c17-12-7-5-11(6-8-12)16(19)20-15-9-10-18-14-4-2-1-3-13(14)15/h1-10H. The molecule has 0 saturated heterocycles. The number of ether oxygens (including phenoxy) is 1. The predicted molar refractivity (Wildman–Crippen MR) is 73.1 cm³/mol. The van der Waals surface area contributed by atoms with Gasteiger partial charge in [0.2, 0.25) is 0 Å². The fourth-order valence-electron chi connectivity index (χ4n) is 1.90. The number of carbonyl (C=O) groups excluding carboxylic acids is 1. The van der Waals surface area contributed by atoms with Crippen LogP contribution in [0.1, 0.15) is 10.4 Å². The molecule has 20 heavy (non-hydrogen) atoms. The number of para-hydroxylation sites is 1. The molecule has 0 aliphatic carbocycles. The number of esters is 1. The zero-order valence-corrected chi connectivity index (χ0v) is 10.4. The number of hydrogen-bond donors (Lipinski definition) is 0. The first kappa shape index (κ1) is 12.3. The van der Waals surface area contributed by atoms with Gasteiger partial charge in [0, 0.05) is 11.6 Å². The molecule has 1 heterocycles. The van der Waals surface area contributed by atoms with E-state index in [0.717, 1.165) is 10.9 Å². The average molecular weight is 267 g/mol. The molecule has 0 aliphatic heterocycles. The molecule has 0 bridgehead atoms. The first-order chi connectivity index (χ1) is 9.74. The Labute approximate surface area is 114 Å². The smallest absolute Gasteiger partial charge is 0.343 e. The van der Waals surface area contributed by atoms with Gasteiger partial charge >= 0.3 is 5.97 Å². The molecule has 2 aromatic carbocycles. The Balaban J connectivity index is 1.93. The van der Waals surface area contributed by atoms with Gasteiger partial charge in [-0.3, -0.25) is 4.98 Å². The van der Waals surface area contributed by atoms with Gasteiger partial charge in [0.25, 0.3) is 0 Å². The summed E-state index contributed by atoms with van der Waals surface area (Å²) < 4.78 is 18.2. The second kappa shape index (κ2) is 5.09. The van der Waals surface area contributed by atoms with Crippen molar-refractivity contribution >= 4 is 16.9 Å². The van der Waals surface area contributed by atoms with Crippen LogP contribution < -0.4 is 4.74 Å². The Morgan fingerprint density at radius 1 is 1.00 bits per heavy atom. The highest BCUT2D eigenvalue weighted by atomic mass is 19.1. The van der Waals surface area contributed by atoms with E-state index < -0.39 is 11.8 Å². The minimum absolute atomic E-state index is 0.298. The van der Waals surface area contributed by atoms with Crippen molar-refractivity contribution in [3.05, 3.63) is 72.2 Å². The van der Waals surface area contributed by atoms with E-state index in [1.54, 1.807) is 12.3 Å². The monoisotopic (exact) mass is 267 g/mol. The molecule has 0 radical (unpaired) electrons. The third-order valence-electron chi connectivity index (χ3n) is 2.89. The zero-order valence-electron chi connectivity index (χ0n) is 10.4. The van der Waals surface area contributed by atoms with Crippen LogP contribution in [0.25, 0.3) is 10.9 Å². The lowest BCUT2D eigenvalue weighted by Crippen LogP contribution is -2.08. The first-order valence-corrected chi connectivity index (χ1v) is 6.05. The normalized spacial score (nSPS) is 10.4. The molecule has 3 rings (SSSR count). The van der Waals surface area contributed by atoms with Crippen LogP contribution in [0.3, 0.4) is 0 Å². The van der Waals surface area contributed by atoms with E-state index in [-0.39, 0.29) is 0 Å². The number of nitrogens with zero attached hydrogens (tertiary/aromatic N) is 1. The van der Waals surface area contributed by atoms with Crippen LogP contribution in [-0.2, 0) is 0 Å². The summed E-state index contributed by atoms with van der Waals surface area (Å²) in [6, 6.07) is 14.2. The van der Waals surface area contributed by atoms with E-state index in [1.165, 1.54) is 24.3 Å². The number of benzene rings is 2. The summed E-state index contributed by atoms with van der Waals surface area (Å²) in [5, 5.41) is 0.755.